The summed E-state index contributed by atoms with van der Waals surface area (Å²) in [6.45, 7) is 5.53. The molecule has 0 spiro atoms. The van der Waals surface area contributed by atoms with Crippen molar-refractivity contribution in [2.45, 2.75) is 20.4 Å². The first-order valence-electron chi connectivity index (χ1n) is 6.11. The molecule has 1 aromatic heterocycles. The van der Waals surface area contributed by atoms with Crippen LogP contribution >= 0.6 is 0 Å². The second kappa shape index (κ2) is 6.17. The highest BCUT2D eigenvalue weighted by molar-refractivity contribution is 5.48. The van der Waals surface area contributed by atoms with Crippen molar-refractivity contribution in [3.8, 4) is 0 Å². The molecule has 3 nitrogen and oxygen atoms in total. The Kier molecular flexibility index (Phi) is 4.31. The first-order chi connectivity index (χ1) is 8.77. The monoisotopic (exact) mass is 242 g/mol. The molecular formula is C15H18N2O. The smallest absolute Gasteiger partial charge is 0.138 e. The van der Waals surface area contributed by atoms with Crippen molar-refractivity contribution in [1.29, 1.82) is 0 Å². The minimum atomic E-state index is 0.792. The zero-order chi connectivity index (χ0) is 12.8. The third kappa shape index (κ3) is 3.31. The zero-order valence-corrected chi connectivity index (χ0v) is 10.8. The topological polar surface area (TPSA) is 38.1 Å². The number of aromatic nitrogens is 1. The van der Waals surface area contributed by atoms with Gasteiger partial charge in [0.05, 0.1) is 5.69 Å². The van der Waals surface area contributed by atoms with Crippen molar-refractivity contribution in [1.82, 2.24) is 10.5 Å². The molecule has 0 saturated carbocycles. The van der Waals surface area contributed by atoms with Crippen molar-refractivity contribution in [3.63, 3.8) is 0 Å². The summed E-state index contributed by atoms with van der Waals surface area (Å²) in [6, 6.07) is 10.3. The highest BCUT2D eigenvalue weighted by Gasteiger charge is 2.06. The number of nitrogens with one attached hydrogen (secondary N) is 1. The van der Waals surface area contributed by atoms with E-state index in [9.17, 15) is 0 Å². The molecule has 0 atom stereocenters. The van der Waals surface area contributed by atoms with Crippen LogP contribution in [0.25, 0.3) is 6.08 Å². The lowest BCUT2D eigenvalue weighted by Crippen LogP contribution is -2.13. The summed E-state index contributed by atoms with van der Waals surface area (Å²) in [4.78, 5) is 0. The molecule has 1 aromatic carbocycles. The van der Waals surface area contributed by atoms with E-state index in [0.29, 0.717) is 0 Å². The van der Waals surface area contributed by atoms with Gasteiger partial charge in [0.1, 0.15) is 5.76 Å². The maximum absolute atomic E-state index is 5.11. The molecule has 0 bridgehead atoms. The molecular weight excluding hydrogens is 224 g/mol. The van der Waals surface area contributed by atoms with E-state index in [-0.39, 0.29) is 0 Å². The Morgan fingerprint density at radius 2 is 2.00 bits per heavy atom. The van der Waals surface area contributed by atoms with E-state index in [0.717, 1.165) is 30.1 Å². The third-order valence-corrected chi connectivity index (χ3v) is 2.86. The van der Waals surface area contributed by atoms with Crippen molar-refractivity contribution in [2.75, 3.05) is 6.54 Å². The van der Waals surface area contributed by atoms with Crippen LogP contribution in [0.1, 0.15) is 22.6 Å². The number of aryl methyl sites for hydroxylation is 2. The summed E-state index contributed by atoms with van der Waals surface area (Å²) in [6.07, 6.45) is 4.23. The molecule has 2 rings (SSSR count). The van der Waals surface area contributed by atoms with E-state index < -0.39 is 0 Å². The molecule has 1 N–H and O–H groups in total. The summed E-state index contributed by atoms with van der Waals surface area (Å²) >= 11 is 0. The lowest BCUT2D eigenvalue weighted by atomic mass is 10.2. The standard InChI is InChI=1S/C15H18N2O/c1-12-15(13(2)18-17-12)11-16-10-6-9-14-7-4-3-5-8-14/h3-9,16H,10-11H2,1-2H3. The van der Waals surface area contributed by atoms with Gasteiger partial charge in [0.15, 0.2) is 0 Å². The molecule has 0 aliphatic carbocycles. The summed E-state index contributed by atoms with van der Waals surface area (Å²) < 4.78 is 5.11. The number of hydrogen-bond donors (Lipinski definition) is 1. The summed E-state index contributed by atoms with van der Waals surface area (Å²) in [5.74, 6) is 0.895. The minimum Gasteiger partial charge on any atom is -0.361 e. The van der Waals surface area contributed by atoms with Crippen LogP contribution < -0.4 is 5.32 Å². The number of rotatable bonds is 5. The maximum atomic E-state index is 5.11. The third-order valence-electron chi connectivity index (χ3n) is 2.86. The highest BCUT2D eigenvalue weighted by Crippen LogP contribution is 2.11. The molecule has 3 heteroatoms. The largest absolute Gasteiger partial charge is 0.361 e. The zero-order valence-electron chi connectivity index (χ0n) is 10.8. The van der Waals surface area contributed by atoms with E-state index >= 15 is 0 Å². The van der Waals surface area contributed by atoms with E-state index in [1.807, 2.05) is 32.0 Å². The number of nitrogens with zero attached hydrogens (tertiary/aromatic N) is 1. The van der Waals surface area contributed by atoms with Crippen molar-refractivity contribution >= 4 is 6.08 Å². The molecule has 0 saturated heterocycles. The SMILES string of the molecule is Cc1noc(C)c1CNCC=Cc1ccccc1. The quantitative estimate of drug-likeness (QED) is 0.819. The predicted molar refractivity (Wildman–Crippen MR) is 73.2 cm³/mol. The van der Waals surface area contributed by atoms with Gasteiger partial charge in [-0.1, -0.05) is 47.6 Å². The van der Waals surface area contributed by atoms with Gasteiger partial charge in [0.2, 0.25) is 0 Å². The molecule has 2 aromatic rings. The molecule has 0 fully saturated rings. The Morgan fingerprint density at radius 3 is 2.67 bits per heavy atom. The second-order valence-corrected chi connectivity index (χ2v) is 4.25. The fourth-order valence-corrected chi connectivity index (χ4v) is 1.79. The molecule has 0 amide bonds. The van der Waals surface area contributed by atoms with Gasteiger partial charge in [-0.05, 0) is 19.4 Å². The molecule has 1 heterocycles. The maximum Gasteiger partial charge on any atom is 0.138 e. The van der Waals surface area contributed by atoms with Crippen LogP contribution in [0, 0.1) is 13.8 Å². The first-order valence-corrected chi connectivity index (χ1v) is 6.11. The van der Waals surface area contributed by atoms with Gasteiger partial charge in [-0.15, -0.1) is 0 Å². The molecule has 0 radical (unpaired) electrons. The molecule has 0 unspecified atom stereocenters. The molecule has 18 heavy (non-hydrogen) atoms. The average Bonchev–Trinajstić information content (AvgIpc) is 2.71. The second-order valence-electron chi connectivity index (χ2n) is 4.25. The minimum absolute atomic E-state index is 0.792. The lowest BCUT2D eigenvalue weighted by Gasteiger charge is -2.00. The van der Waals surface area contributed by atoms with Gasteiger partial charge in [-0.25, -0.2) is 0 Å². The fourth-order valence-electron chi connectivity index (χ4n) is 1.79. The average molecular weight is 242 g/mol. The van der Waals surface area contributed by atoms with E-state index in [2.05, 4.69) is 34.8 Å². The van der Waals surface area contributed by atoms with Crippen molar-refractivity contribution in [3.05, 3.63) is 59.0 Å². The Hall–Kier alpha value is -1.87. The summed E-state index contributed by atoms with van der Waals surface area (Å²) in [5.41, 5.74) is 3.34. The first kappa shape index (κ1) is 12.6. The Balaban J connectivity index is 1.78. The normalized spacial score (nSPS) is 11.2. The Labute approximate surface area is 108 Å². The van der Waals surface area contributed by atoms with Gasteiger partial charge in [0.25, 0.3) is 0 Å². The van der Waals surface area contributed by atoms with Crippen LogP contribution in [0.4, 0.5) is 0 Å². The Bertz CT molecular complexity index is 495. The molecule has 0 aliphatic heterocycles. The summed E-state index contributed by atoms with van der Waals surface area (Å²) in [5, 5.41) is 7.28. The number of hydrogen-bond acceptors (Lipinski definition) is 3. The van der Waals surface area contributed by atoms with Crippen LogP contribution in [0.3, 0.4) is 0 Å². The fraction of sp³-hybridized carbons (Fsp3) is 0.267. The van der Waals surface area contributed by atoms with Crippen LogP contribution in [0.15, 0.2) is 40.9 Å². The molecule has 94 valence electrons. The van der Waals surface area contributed by atoms with Gasteiger partial charge in [-0.3, -0.25) is 0 Å². The summed E-state index contributed by atoms with van der Waals surface area (Å²) in [7, 11) is 0. The van der Waals surface area contributed by atoms with Crippen LogP contribution in [-0.4, -0.2) is 11.7 Å². The van der Waals surface area contributed by atoms with Gasteiger partial charge < -0.3 is 9.84 Å². The van der Waals surface area contributed by atoms with Crippen molar-refractivity contribution < 1.29 is 4.52 Å². The van der Waals surface area contributed by atoms with Gasteiger partial charge in [0, 0.05) is 18.7 Å². The van der Waals surface area contributed by atoms with Gasteiger partial charge >= 0.3 is 0 Å². The van der Waals surface area contributed by atoms with E-state index in [4.69, 9.17) is 4.52 Å². The highest BCUT2D eigenvalue weighted by atomic mass is 16.5. The predicted octanol–water partition coefficient (Wildman–Crippen LogP) is 3.09. The van der Waals surface area contributed by atoms with E-state index in [1.165, 1.54) is 5.56 Å². The lowest BCUT2D eigenvalue weighted by molar-refractivity contribution is 0.392. The van der Waals surface area contributed by atoms with Crippen molar-refractivity contribution in [2.24, 2.45) is 0 Å². The van der Waals surface area contributed by atoms with Gasteiger partial charge in [-0.2, -0.15) is 0 Å². The van der Waals surface area contributed by atoms with Crippen LogP contribution in [0.2, 0.25) is 0 Å². The van der Waals surface area contributed by atoms with Crippen LogP contribution in [0.5, 0.6) is 0 Å². The van der Waals surface area contributed by atoms with E-state index in [1.54, 1.807) is 0 Å². The Morgan fingerprint density at radius 1 is 1.22 bits per heavy atom. The molecule has 0 aliphatic rings. The van der Waals surface area contributed by atoms with Crippen LogP contribution in [-0.2, 0) is 6.54 Å². The number of benzene rings is 1.